The summed E-state index contributed by atoms with van der Waals surface area (Å²) in [6.07, 6.45) is 3.08. The Bertz CT molecular complexity index is 725. The molecule has 1 aromatic rings. The fourth-order valence-corrected chi connectivity index (χ4v) is 3.30. The van der Waals surface area contributed by atoms with Crippen molar-refractivity contribution in [2.45, 2.75) is 19.8 Å². The Morgan fingerprint density at radius 1 is 1.27 bits per heavy atom. The number of hydrogen-bond donors (Lipinski definition) is 0. The third-order valence-electron chi connectivity index (χ3n) is 4.25. The number of carboxylic acid groups (broad SMARTS) is 1. The molecule has 0 spiro atoms. The van der Waals surface area contributed by atoms with Crippen LogP contribution in [0.15, 0.2) is 29.8 Å². The first-order chi connectivity index (χ1) is 10.4. The molecule has 5 nitrogen and oxygen atoms in total. The average Bonchev–Trinajstić information content (AvgIpc) is 2.71. The van der Waals surface area contributed by atoms with Gasteiger partial charge < -0.3 is 9.90 Å². The smallest absolute Gasteiger partial charge is 0.238 e. The maximum Gasteiger partial charge on any atom is 0.238 e. The van der Waals surface area contributed by atoms with Gasteiger partial charge in [0.2, 0.25) is 11.8 Å². The van der Waals surface area contributed by atoms with Crippen LogP contribution in [-0.4, -0.2) is 17.8 Å². The predicted octanol–water partition coefficient (Wildman–Crippen LogP) is 1.55. The van der Waals surface area contributed by atoms with Crippen LogP contribution in [0.2, 0.25) is 5.02 Å². The number of amides is 2. The number of allylic oxidation sites excluding steroid dienone is 2. The predicted molar refractivity (Wildman–Crippen MR) is 78.2 cm³/mol. The molecule has 2 amide bonds. The van der Waals surface area contributed by atoms with Gasteiger partial charge in [-0.3, -0.25) is 14.5 Å². The molecule has 0 aromatic heterocycles. The van der Waals surface area contributed by atoms with E-state index in [4.69, 9.17) is 11.6 Å². The van der Waals surface area contributed by atoms with Crippen molar-refractivity contribution >= 4 is 35.1 Å². The fourth-order valence-electron chi connectivity index (χ4n) is 3.10. The minimum atomic E-state index is -1.44. The van der Waals surface area contributed by atoms with Crippen LogP contribution < -0.4 is 10.0 Å². The Labute approximate surface area is 132 Å². The van der Waals surface area contributed by atoms with Crippen molar-refractivity contribution in [3.8, 4) is 0 Å². The summed E-state index contributed by atoms with van der Waals surface area (Å²) < 4.78 is 0. The molecule has 1 heterocycles. The summed E-state index contributed by atoms with van der Waals surface area (Å²) in [4.78, 5) is 37.2. The van der Waals surface area contributed by atoms with Crippen LogP contribution in [0.4, 0.5) is 5.69 Å². The molecule has 1 aliphatic heterocycles. The van der Waals surface area contributed by atoms with Crippen molar-refractivity contribution in [2.24, 2.45) is 11.8 Å². The van der Waals surface area contributed by atoms with Crippen molar-refractivity contribution in [1.29, 1.82) is 0 Å². The molecule has 0 N–H and O–H groups in total. The van der Waals surface area contributed by atoms with Crippen LogP contribution in [0.1, 0.15) is 30.1 Å². The Morgan fingerprint density at radius 3 is 2.64 bits per heavy atom. The molecule has 114 valence electrons. The first-order valence-electron chi connectivity index (χ1n) is 6.94. The monoisotopic (exact) mass is 318 g/mol. The fraction of sp³-hybridized carbons (Fsp3) is 0.312. The van der Waals surface area contributed by atoms with Gasteiger partial charge in [0.05, 0.1) is 23.5 Å². The van der Waals surface area contributed by atoms with Gasteiger partial charge in [-0.25, -0.2) is 0 Å². The zero-order valence-corrected chi connectivity index (χ0v) is 12.6. The van der Waals surface area contributed by atoms with Crippen LogP contribution in [-0.2, 0) is 9.59 Å². The number of anilines is 1. The highest BCUT2D eigenvalue weighted by molar-refractivity contribution is 6.33. The van der Waals surface area contributed by atoms with E-state index < -0.39 is 5.97 Å². The zero-order valence-electron chi connectivity index (χ0n) is 11.8. The lowest BCUT2D eigenvalue weighted by Crippen LogP contribution is -2.31. The summed E-state index contributed by atoms with van der Waals surface area (Å²) in [5, 5.41) is 11.1. The number of rotatable bonds is 2. The van der Waals surface area contributed by atoms with E-state index in [9.17, 15) is 19.5 Å². The van der Waals surface area contributed by atoms with E-state index in [1.807, 2.05) is 13.0 Å². The molecule has 2 atom stereocenters. The highest BCUT2D eigenvalue weighted by Crippen LogP contribution is 2.40. The minimum absolute atomic E-state index is 0.0118. The van der Waals surface area contributed by atoms with Crippen molar-refractivity contribution < 1.29 is 19.5 Å². The molecular weight excluding hydrogens is 306 g/mol. The number of carboxylic acids is 1. The second-order valence-corrected chi connectivity index (χ2v) is 6.07. The summed E-state index contributed by atoms with van der Waals surface area (Å²) in [5.41, 5.74) is 1.09. The van der Waals surface area contributed by atoms with Crippen LogP contribution >= 0.6 is 11.6 Å². The van der Waals surface area contributed by atoms with Crippen LogP contribution in [0.5, 0.6) is 0 Å². The number of fused-ring (bicyclic) bond motifs is 1. The Morgan fingerprint density at radius 2 is 1.95 bits per heavy atom. The number of nitrogens with zero attached hydrogens (tertiary/aromatic N) is 1. The number of imide groups is 1. The second-order valence-electron chi connectivity index (χ2n) is 5.67. The highest BCUT2D eigenvalue weighted by Gasteiger charge is 2.48. The van der Waals surface area contributed by atoms with Gasteiger partial charge in [0.1, 0.15) is 0 Å². The van der Waals surface area contributed by atoms with Crippen molar-refractivity contribution in [3.63, 3.8) is 0 Å². The molecule has 1 aromatic carbocycles. The number of aromatic carboxylic acids is 1. The molecule has 1 aliphatic carbocycles. The maximum absolute atomic E-state index is 12.5. The third-order valence-corrected chi connectivity index (χ3v) is 4.58. The van der Waals surface area contributed by atoms with E-state index >= 15 is 0 Å². The van der Waals surface area contributed by atoms with Gasteiger partial charge in [0.15, 0.2) is 0 Å². The summed E-state index contributed by atoms with van der Waals surface area (Å²) in [6.45, 7) is 1.94. The number of hydrogen-bond acceptors (Lipinski definition) is 4. The molecule has 22 heavy (non-hydrogen) atoms. The lowest BCUT2D eigenvalue weighted by Gasteiger charge is -2.18. The first kappa shape index (κ1) is 14.8. The zero-order chi connectivity index (χ0) is 16.0. The quantitative estimate of drug-likeness (QED) is 0.612. The molecule has 1 saturated heterocycles. The van der Waals surface area contributed by atoms with E-state index in [-0.39, 0.29) is 39.9 Å². The molecule has 1 fully saturated rings. The molecule has 2 aliphatic rings. The molecule has 0 radical (unpaired) electrons. The SMILES string of the molecule is CC1=CC[C@H]2C(=O)N(c3ccc(Cl)c(C(=O)[O-])c3)C(=O)[C@@H]2C1. The summed E-state index contributed by atoms with van der Waals surface area (Å²) >= 11 is 5.79. The molecular formula is C16H13ClNO4-. The van der Waals surface area contributed by atoms with Gasteiger partial charge in [-0.15, -0.1) is 0 Å². The van der Waals surface area contributed by atoms with E-state index in [0.29, 0.717) is 12.8 Å². The number of halogens is 1. The Hall–Kier alpha value is -2.14. The van der Waals surface area contributed by atoms with E-state index in [1.165, 1.54) is 18.2 Å². The van der Waals surface area contributed by atoms with Gasteiger partial charge in [-0.05, 0) is 38.0 Å². The van der Waals surface area contributed by atoms with E-state index in [0.717, 1.165) is 10.5 Å². The maximum atomic E-state index is 12.5. The Kier molecular flexibility index (Phi) is 3.53. The van der Waals surface area contributed by atoms with Gasteiger partial charge >= 0.3 is 0 Å². The number of benzene rings is 1. The summed E-state index contributed by atoms with van der Waals surface area (Å²) in [6, 6.07) is 4.04. The topological polar surface area (TPSA) is 77.5 Å². The highest BCUT2D eigenvalue weighted by atomic mass is 35.5. The standard InChI is InChI=1S/C16H14ClNO4/c1-8-2-4-10-11(6-8)15(20)18(14(10)19)9-3-5-13(17)12(7-9)16(21)22/h2-3,5,7,10-11H,4,6H2,1H3,(H,21,22)/p-1/t10-,11-/m1/s1. The van der Waals surface area contributed by atoms with E-state index in [2.05, 4.69) is 0 Å². The second kappa shape index (κ2) is 5.25. The number of carbonyl (C=O) groups excluding carboxylic acids is 3. The molecule has 0 bridgehead atoms. The molecule has 6 heteroatoms. The van der Waals surface area contributed by atoms with Crippen molar-refractivity contribution in [2.75, 3.05) is 4.90 Å². The van der Waals surface area contributed by atoms with Gasteiger partial charge in [-0.2, -0.15) is 0 Å². The van der Waals surface area contributed by atoms with Crippen LogP contribution in [0.3, 0.4) is 0 Å². The lowest BCUT2D eigenvalue weighted by molar-refractivity contribution is -0.255. The van der Waals surface area contributed by atoms with E-state index in [1.54, 1.807) is 0 Å². The summed E-state index contributed by atoms with van der Waals surface area (Å²) in [5.74, 6) is -2.74. The molecule has 0 saturated carbocycles. The summed E-state index contributed by atoms with van der Waals surface area (Å²) in [7, 11) is 0. The van der Waals surface area contributed by atoms with Crippen LogP contribution in [0, 0.1) is 11.8 Å². The van der Waals surface area contributed by atoms with Gasteiger partial charge in [0.25, 0.3) is 0 Å². The third kappa shape index (κ3) is 2.22. The average molecular weight is 319 g/mol. The first-order valence-corrected chi connectivity index (χ1v) is 7.32. The normalized spacial score (nSPS) is 24.3. The van der Waals surface area contributed by atoms with Crippen molar-refractivity contribution in [1.82, 2.24) is 0 Å². The Balaban J connectivity index is 2.00. The van der Waals surface area contributed by atoms with Crippen molar-refractivity contribution in [3.05, 3.63) is 40.4 Å². The van der Waals surface area contributed by atoms with Gasteiger partial charge in [0, 0.05) is 10.6 Å². The molecule has 3 rings (SSSR count). The molecule has 0 unspecified atom stereocenters. The number of carbonyl (C=O) groups is 3. The lowest BCUT2D eigenvalue weighted by atomic mass is 9.82. The van der Waals surface area contributed by atoms with Gasteiger partial charge in [-0.1, -0.05) is 23.3 Å². The largest absolute Gasteiger partial charge is 0.545 e. The van der Waals surface area contributed by atoms with Crippen LogP contribution in [0.25, 0.3) is 0 Å². The minimum Gasteiger partial charge on any atom is -0.545 e.